The number of hydrogen-bond acceptors (Lipinski definition) is 2. The van der Waals surface area contributed by atoms with Crippen LogP contribution < -0.4 is 5.32 Å². The Morgan fingerprint density at radius 3 is 2.56 bits per heavy atom. The minimum Gasteiger partial charge on any atom is -0.379 e. The van der Waals surface area contributed by atoms with Crippen LogP contribution in [0.1, 0.15) is 43.4 Å². The molecule has 1 N–H and O–H groups in total. The summed E-state index contributed by atoms with van der Waals surface area (Å²) in [6.07, 6.45) is 0. The second-order valence-electron chi connectivity index (χ2n) is 5.78. The van der Waals surface area contributed by atoms with Crippen molar-refractivity contribution in [2.45, 2.75) is 39.0 Å². The Morgan fingerprint density at radius 1 is 1.33 bits per heavy atom. The summed E-state index contributed by atoms with van der Waals surface area (Å²) in [4.78, 5) is 0. The van der Waals surface area contributed by atoms with Gasteiger partial charge in [0.05, 0.1) is 18.6 Å². The van der Waals surface area contributed by atoms with Crippen molar-refractivity contribution in [2.24, 2.45) is 0 Å². The van der Waals surface area contributed by atoms with E-state index in [0.29, 0.717) is 5.92 Å². The maximum absolute atomic E-state index is 5.51. The Balaban J connectivity index is 2.32. The van der Waals surface area contributed by atoms with Gasteiger partial charge in [-0.2, -0.15) is 0 Å². The molecule has 0 bridgehead atoms. The molecule has 1 aromatic rings. The minimum absolute atomic E-state index is 0.199. The van der Waals surface area contributed by atoms with Gasteiger partial charge in [0.2, 0.25) is 0 Å². The molecule has 0 unspecified atom stereocenters. The van der Waals surface area contributed by atoms with Crippen molar-refractivity contribution in [3.05, 3.63) is 34.9 Å². The van der Waals surface area contributed by atoms with Gasteiger partial charge in [-0.25, -0.2) is 0 Å². The Morgan fingerprint density at radius 2 is 2.06 bits per heavy atom. The molecule has 0 spiro atoms. The molecule has 18 heavy (non-hydrogen) atoms. The van der Waals surface area contributed by atoms with Crippen LogP contribution in [-0.2, 0) is 10.2 Å². The number of likely N-dealkylation sites (N-methyl/N-ethyl adjacent to an activating group) is 1. The highest BCUT2D eigenvalue weighted by Gasteiger charge is 2.40. The average molecular weight is 247 g/mol. The molecular weight excluding hydrogens is 222 g/mol. The van der Waals surface area contributed by atoms with E-state index in [0.717, 1.165) is 26.3 Å². The van der Waals surface area contributed by atoms with Crippen molar-refractivity contribution < 1.29 is 4.74 Å². The van der Waals surface area contributed by atoms with Gasteiger partial charge in [-0.15, -0.1) is 0 Å². The molecule has 0 atom stereocenters. The van der Waals surface area contributed by atoms with Crippen LogP contribution in [0.5, 0.6) is 0 Å². The molecule has 0 aliphatic carbocycles. The smallest absolute Gasteiger partial charge is 0.0598 e. The fraction of sp³-hybridized carbons (Fsp3) is 0.625. The molecule has 1 aliphatic rings. The van der Waals surface area contributed by atoms with E-state index >= 15 is 0 Å². The zero-order valence-electron chi connectivity index (χ0n) is 12.0. The van der Waals surface area contributed by atoms with Crippen molar-refractivity contribution in [3.63, 3.8) is 0 Å². The number of hydrogen-bond donors (Lipinski definition) is 1. The normalized spacial score (nSPS) is 17.8. The van der Waals surface area contributed by atoms with Gasteiger partial charge in [0, 0.05) is 6.54 Å². The SMILES string of the molecule is CCNCC1(c2cc(C(C)C)ccc2C)COC1. The van der Waals surface area contributed by atoms with E-state index in [1.165, 1.54) is 16.7 Å². The molecule has 2 heteroatoms. The quantitative estimate of drug-likeness (QED) is 0.863. The van der Waals surface area contributed by atoms with Crippen LogP contribution in [0.25, 0.3) is 0 Å². The van der Waals surface area contributed by atoms with E-state index in [4.69, 9.17) is 4.74 Å². The first-order chi connectivity index (χ1) is 8.59. The first kappa shape index (κ1) is 13.6. The van der Waals surface area contributed by atoms with E-state index in [-0.39, 0.29) is 5.41 Å². The monoisotopic (exact) mass is 247 g/mol. The van der Waals surface area contributed by atoms with Gasteiger partial charge in [0.1, 0.15) is 0 Å². The molecule has 0 saturated carbocycles. The molecule has 1 aromatic carbocycles. The fourth-order valence-corrected chi connectivity index (χ4v) is 2.64. The molecule has 2 rings (SSSR count). The summed E-state index contributed by atoms with van der Waals surface area (Å²) in [5.74, 6) is 0.585. The molecule has 2 nitrogen and oxygen atoms in total. The van der Waals surface area contributed by atoms with Gasteiger partial charge in [-0.1, -0.05) is 39.0 Å². The molecule has 1 saturated heterocycles. The van der Waals surface area contributed by atoms with E-state index in [1.807, 2.05) is 0 Å². The molecule has 0 radical (unpaired) electrons. The second-order valence-corrected chi connectivity index (χ2v) is 5.78. The standard InChI is InChI=1S/C16H25NO/c1-5-17-9-16(10-18-11-16)15-8-14(12(2)3)7-6-13(15)4/h6-8,12,17H,5,9-11H2,1-4H3. The Bertz CT molecular complexity index is 408. The highest BCUT2D eigenvalue weighted by Crippen LogP contribution is 2.35. The van der Waals surface area contributed by atoms with Crippen LogP contribution >= 0.6 is 0 Å². The lowest BCUT2D eigenvalue weighted by Gasteiger charge is -2.43. The largest absolute Gasteiger partial charge is 0.379 e. The predicted octanol–water partition coefficient (Wildman–Crippen LogP) is 3.00. The Labute approximate surface area is 111 Å². The number of nitrogens with one attached hydrogen (secondary N) is 1. The van der Waals surface area contributed by atoms with E-state index in [1.54, 1.807) is 0 Å². The molecule has 1 aliphatic heterocycles. The lowest BCUT2D eigenvalue weighted by molar-refractivity contribution is -0.0591. The zero-order valence-corrected chi connectivity index (χ0v) is 12.0. The van der Waals surface area contributed by atoms with Crippen LogP contribution in [0, 0.1) is 6.92 Å². The summed E-state index contributed by atoms with van der Waals surface area (Å²) < 4.78 is 5.51. The van der Waals surface area contributed by atoms with Gasteiger partial charge in [0.15, 0.2) is 0 Å². The third-order valence-corrected chi connectivity index (χ3v) is 3.97. The lowest BCUT2D eigenvalue weighted by atomic mass is 9.75. The summed E-state index contributed by atoms with van der Waals surface area (Å²) in [5, 5.41) is 3.49. The highest BCUT2D eigenvalue weighted by molar-refractivity contribution is 5.40. The second kappa shape index (κ2) is 5.41. The van der Waals surface area contributed by atoms with E-state index in [2.05, 4.69) is 51.2 Å². The summed E-state index contributed by atoms with van der Waals surface area (Å²) in [5.41, 5.74) is 4.49. The Kier molecular flexibility index (Phi) is 4.08. The number of ether oxygens (including phenoxy) is 1. The fourth-order valence-electron chi connectivity index (χ4n) is 2.64. The maximum Gasteiger partial charge on any atom is 0.0598 e. The van der Waals surface area contributed by atoms with Crippen molar-refractivity contribution in [3.8, 4) is 0 Å². The first-order valence-corrected chi connectivity index (χ1v) is 6.98. The molecule has 1 heterocycles. The lowest BCUT2D eigenvalue weighted by Crippen LogP contribution is -2.53. The summed E-state index contributed by atoms with van der Waals surface area (Å²) >= 11 is 0. The van der Waals surface area contributed by atoms with Crippen LogP contribution in [0.4, 0.5) is 0 Å². The topological polar surface area (TPSA) is 21.3 Å². The van der Waals surface area contributed by atoms with Gasteiger partial charge in [0.25, 0.3) is 0 Å². The average Bonchev–Trinajstić information content (AvgIpc) is 2.29. The third kappa shape index (κ3) is 2.45. The zero-order chi connectivity index (χ0) is 13.2. The van der Waals surface area contributed by atoms with Crippen molar-refractivity contribution >= 4 is 0 Å². The van der Waals surface area contributed by atoms with Gasteiger partial charge < -0.3 is 10.1 Å². The predicted molar refractivity (Wildman–Crippen MR) is 76.3 cm³/mol. The van der Waals surface area contributed by atoms with E-state index in [9.17, 15) is 0 Å². The first-order valence-electron chi connectivity index (χ1n) is 6.98. The number of rotatable bonds is 5. The maximum atomic E-state index is 5.51. The molecular formula is C16H25NO. The Hall–Kier alpha value is -0.860. The summed E-state index contributed by atoms with van der Waals surface area (Å²) in [6, 6.07) is 6.90. The van der Waals surface area contributed by atoms with Crippen molar-refractivity contribution in [1.82, 2.24) is 5.32 Å². The summed E-state index contributed by atoms with van der Waals surface area (Å²) in [6.45, 7) is 12.6. The highest BCUT2D eigenvalue weighted by atomic mass is 16.5. The van der Waals surface area contributed by atoms with Gasteiger partial charge >= 0.3 is 0 Å². The van der Waals surface area contributed by atoms with Crippen LogP contribution in [0.15, 0.2) is 18.2 Å². The summed E-state index contributed by atoms with van der Waals surface area (Å²) in [7, 11) is 0. The van der Waals surface area contributed by atoms with Crippen molar-refractivity contribution in [1.29, 1.82) is 0 Å². The minimum atomic E-state index is 0.199. The van der Waals surface area contributed by atoms with Crippen LogP contribution in [0.2, 0.25) is 0 Å². The molecule has 1 fully saturated rings. The van der Waals surface area contributed by atoms with Gasteiger partial charge in [-0.05, 0) is 36.1 Å². The van der Waals surface area contributed by atoms with Crippen LogP contribution in [-0.4, -0.2) is 26.3 Å². The molecule has 0 amide bonds. The van der Waals surface area contributed by atoms with Crippen LogP contribution in [0.3, 0.4) is 0 Å². The molecule has 100 valence electrons. The van der Waals surface area contributed by atoms with E-state index < -0.39 is 0 Å². The number of aryl methyl sites for hydroxylation is 1. The van der Waals surface area contributed by atoms with Gasteiger partial charge in [-0.3, -0.25) is 0 Å². The van der Waals surface area contributed by atoms with Crippen molar-refractivity contribution in [2.75, 3.05) is 26.3 Å². The molecule has 0 aromatic heterocycles. The number of benzene rings is 1. The third-order valence-electron chi connectivity index (χ3n) is 3.97.